The molecule has 2 aromatic rings. The molecule has 1 saturated heterocycles. The second-order valence-corrected chi connectivity index (χ2v) is 5.24. The lowest BCUT2D eigenvalue weighted by molar-refractivity contribution is -0.137. The van der Waals surface area contributed by atoms with E-state index in [9.17, 15) is 17.6 Å². The minimum absolute atomic E-state index is 0.546. The summed E-state index contributed by atoms with van der Waals surface area (Å²) in [5, 5.41) is 7.15. The fraction of sp³-hybridized carbons (Fsp3) is 0.333. The van der Waals surface area contributed by atoms with Crippen molar-refractivity contribution in [3.8, 4) is 0 Å². The van der Waals surface area contributed by atoms with Gasteiger partial charge in [-0.25, -0.2) is 0 Å². The Labute approximate surface area is 130 Å². The van der Waals surface area contributed by atoms with Gasteiger partial charge >= 0.3 is 6.18 Å². The van der Waals surface area contributed by atoms with Crippen LogP contribution in [-0.4, -0.2) is 36.4 Å². The zero-order chi connectivity index (χ0) is 16.4. The molecule has 8 heteroatoms. The lowest BCUT2D eigenvalue weighted by Gasteiger charge is -2.36. The summed E-state index contributed by atoms with van der Waals surface area (Å²) in [6, 6.07) is 8.09. The van der Waals surface area contributed by atoms with E-state index in [1.54, 1.807) is 12.1 Å². The van der Waals surface area contributed by atoms with E-state index in [0.717, 1.165) is 12.1 Å². The van der Waals surface area contributed by atoms with Gasteiger partial charge in [0.2, 0.25) is 5.95 Å². The van der Waals surface area contributed by atoms with Crippen molar-refractivity contribution in [3.63, 3.8) is 0 Å². The van der Waals surface area contributed by atoms with Gasteiger partial charge in [0.1, 0.15) is 0 Å². The number of hydrogen-bond donors (Lipinski definition) is 0. The molecule has 122 valence electrons. The molecule has 0 saturated carbocycles. The summed E-state index contributed by atoms with van der Waals surface area (Å²) >= 11 is 0. The first kappa shape index (κ1) is 15.5. The molecule has 1 aromatic heterocycles. The van der Waals surface area contributed by atoms with E-state index in [2.05, 4.69) is 10.2 Å². The van der Waals surface area contributed by atoms with Gasteiger partial charge in [0.05, 0.1) is 5.56 Å². The van der Waals surface area contributed by atoms with E-state index in [4.69, 9.17) is 0 Å². The third-order valence-electron chi connectivity index (χ3n) is 3.76. The van der Waals surface area contributed by atoms with Crippen LogP contribution >= 0.6 is 0 Å². The summed E-state index contributed by atoms with van der Waals surface area (Å²) in [5.41, 5.74) is -0.105. The van der Waals surface area contributed by atoms with Crippen LogP contribution in [0.25, 0.3) is 0 Å². The largest absolute Gasteiger partial charge is 0.416 e. The van der Waals surface area contributed by atoms with Crippen LogP contribution in [0, 0.1) is 5.95 Å². The maximum atomic E-state index is 12.8. The molecule has 0 radical (unpaired) electrons. The van der Waals surface area contributed by atoms with Gasteiger partial charge in [-0.2, -0.15) is 17.6 Å². The first-order valence-corrected chi connectivity index (χ1v) is 7.10. The molecule has 1 fully saturated rings. The highest BCUT2D eigenvalue weighted by Crippen LogP contribution is 2.32. The van der Waals surface area contributed by atoms with E-state index in [-0.39, 0.29) is 0 Å². The molecule has 23 heavy (non-hydrogen) atoms. The SMILES string of the molecule is Fc1ccc(N2CCN(c3cccc(C(F)(F)F)c3)CC2)nn1. The van der Waals surface area contributed by atoms with E-state index >= 15 is 0 Å². The summed E-state index contributed by atoms with van der Waals surface area (Å²) in [5.74, 6) is -0.0774. The Morgan fingerprint density at radius 3 is 2.17 bits per heavy atom. The number of piperazine rings is 1. The van der Waals surface area contributed by atoms with Gasteiger partial charge in [-0.15, -0.1) is 10.2 Å². The number of benzene rings is 1. The summed E-state index contributed by atoms with van der Waals surface area (Å²) in [6.45, 7) is 2.27. The second-order valence-electron chi connectivity index (χ2n) is 5.24. The monoisotopic (exact) mass is 326 g/mol. The first-order valence-electron chi connectivity index (χ1n) is 7.10. The normalized spacial score (nSPS) is 15.8. The lowest BCUT2D eigenvalue weighted by Crippen LogP contribution is -2.47. The van der Waals surface area contributed by atoms with E-state index < -0.39 is 17.7 Å². The lowest BCUT2D eigenvalue weighted by atomic mass is 10.1. The Balaban J connectivity index is 1.68. The Morgan fingerprint density at radius 1 is 0.870 bits per heavy atom. The summed E-state index contributed by atoms with van der Waals surface area (Å²) < 4.78 is 51.1. The predicted octanol–water partition coefficient (Wildman–Crippen LogP) is 2.96. The van der Waals surface area contributed by atoms with Crippen molar-refractivity contribution in [2.45, 2.75) is 6.18 Å². The Bertz CT molecular complexity index is 664. The molecule has 2 heterocycles. The molecule has 0 N–H and O–H groups in total. The third kappa shape index (κ3) is 3.52. The zero-order valence-electron chi connectivity index (χ0n) is 12.1. The minimum Gasteiger partial charge on any atom is -0.368 e. The van der Waals surface area contributed by atoms with Gasteiger partial charge in [-0.1, -0.05) is 6.07 Å². The van der Waals surface area contributed by atoms with Gasteiger partial charge in [-0.05, 0) is 30.3 Å². The maximum absolute atomic E-state index is 12.8. The van der Waals surface area contributed by atoms with Crippen molar-refractivity contribution in [1.29, 1.82) is 0 Å². The van der Waals surface area contributed by atoms with Gasteiger partial charge in [0, 0.05) is 31.9 Å². The minimum atomic E-state index is -4.35. The molecular weight excluding hydrogens is 312 g/mol. The van der Waals surface area contributed by atoms with Crippen molar-refractivity contribution >= 4 is 11.5 Å². The molecule has 0 bridgehead atoms. The Kier molecular flexibility index (Phi) is 4.06. The Hall–Kier alpha value is -2.38. The number of halogens is 4. The highest BCUT2D eigenvalue weighted by molar-refractivity contribution is 5.51. The van der Waals surface area contributed by atoms with Crippen LogP contribution in [0.3, 0.4) is 0 Å². The number of alkyl halides is 3. The van der Waals surface area contributed by atoms with Crippen molar-refractivity contribution in [3.05, 3.63) is 47.9 Å². The molecule has 0 atom stereocenters. The predicted molar refractivity (Wildman–Crippen MR) is 77.9 cm³/mol. The third-order valence-corrected chi connectivity index (χ3v) is 3.76. The molecule has 1 aliphatic rings. The van der Waals surface area contributed by atoms with Crippen molar-refractivity contribution < 1.29 is 17.6 Å². The van der Waals surface area contributed by atoms with Gasteiger partial charge in [-0.3, -0.25) is 0 Å². The maximum Gasteiger partial charge on any atom is 0.416 e. The molecule has 1 aliphatic heterocycles. The fourth-order valence-electron chi connectivity index (χ4n) is 2.55. The smallest absolute Gasteiger partial charge is 0.368 e. The average Bonchev–Trinajstić information content (AvgIpc) is 2.55. The molecule has 0 spiro atoms. The van der Waals surface area contributed by atoms with Crippen LogP contribution in [0.1, 0.15) is 5.56 Å². The van der Waals surface area contributed by atoms with Crippen LogP contribution in [0.4, 0.5) is 29.1 Å². The fourth-order valence-corrected chi connectivity index (χ4v) is 2.55. The van der Waals surface area contributed by atoms with Crippen molar-refractivity contribution in [1.82, 2.24) is 10.2 Å². The number of hydrogen-bond acceptors (Lipinski definition) is 4. The van der Waals surface area contributed by atoms with Gasteiger partial charge in [0.25, 0.3) is 0 Å². The summed E-state index contributed by atoms with van der Waals surface area (Å²) in [7, 11) is 0. The highest BCUT2D eigenvalue weighted by Gasteiger charge is 2.31. The van der Waals surface area contributed by atoms with Crippen LogP contribution in [-0.2, 0) is 6.18 Å². The quantitative estimate of drug-likeness (QED) is 0.794. The van der Waals surface area contributed by atoms with E-state index in [0.29, 0.717) is 37.7 Å². The highest BCUT2D eigenvalue weighted by atomic mass is 19.4. The molecule has 0 aliphatic carbocycles. The summed E-state index contributed by atoms with van der Waals surface area (Å²) in [6.07, 6.45) is -4.35. The number of nitrogens with zero attached hydrogens (tertiary/aromatic N) is 4. The van der Waals surface area contributed by atoms with Crippen LogP contribution < -0.4 is 9.80 Å². The van der Waals surface area contributed by atoms with E-state index in [1.165, 1.54) is 12.1 Å². The van der Waals surface area contributed by atoms with Crippen LogP contribution in [0.15, 0.2) is 36.4 Å². The molecule has 3 rings (SSSR count). The molecule has 0 amide bonds. The number of aromatic nitrogens is 2. The van der Waals surface area contributed by atoms with E-state index in [1.807, 2.05) is 9.80 Å². The topological polar surface area (TPSA) is 32.3 Å². The van der Waals surface area contributed by atoms with Gasteiger partial charge in [0.15, 0.2) is 5.82 Å². The van der Waals surface area contributed by atoms with Gasteiger partial charge < -0.3 is 9.80 Å². The number of anilines is 2. The zero-order valence-corrected chi connectivity index (χ0v) is 12.1. The molecule has 0 unspecified atom stereocenters. The first-order chi connectivity index (χ1) is 10.9. The Morgan fingerprint density at radius 2 is 1.57 bits per heavy atom. The standard InChI is InChI=1S/C15H14F4N4/c16-13-4-5-14(21-20-13)23-8-6-22(7-9-23)12-3-1-2-11(10-12)15(17,18)19/h1-5,10H,6-9H2. The van der Waals surface area contributed by atoms with Crippen molar-refractivity contribution in [2.75, 3.05) is 36.0 Å². The summed E-state index contributed by atoms with van der Waals surface area (Å²) in [4.78, 5) is 3.82. The number of rotatable bonds is 2. The van der Waals surface area contributed by atoms with Crippen molar-refractivity contribution in [2.24, 2.45) is 0 Å². The molecular formula is C15H14F4N4. The van der Waals surface area contributed by atoms with Crippen LogP contribution in [0.2, 0.25) is 0 Å². The second kappa shape index (κ2) is 6.02. The average molecular weight is 326 g/mol. The molecule has 1 aromatic carbocycles. The molecule has 4 nitrogen and oxygen atoms in total. The van der Waals surface area contributed by atoms with Crippen LogP contribution in [0.5, 0.6) is 0 Å².